The maximum absolute atomic E-state index is 11.1. The van der Waals surface area contributed by atoms with Crippen molar-refractivity contribution in [2.24, 2.45) is 5.73 Å². The largest absolute Gasteiger partial charge is 0.398 e. The van der Waals surface area contributed by atoms with Crippen LogP contribution in [0.25, 0.3) is 0 Å². The summed E-state index contributed by atoms with van der Waals surface area (Å²) >= 11 is 0. The molecule has 1 atom stereocenters. The highest BCUT2D eigenvalue weighted by Crippen LogP contribution is 2.17. The Kier molecular flexibility index (Phi) is 4.78. The number of ether oxygens (including phenoxy) is 1. The van der Waals surface area contributed by atoms with Gasteiger partial charge in [0.25, 0.3) is 5.91 Å². The number of nitrogen functional groups attached to an aromatic ring is 1. The molecule has 0 fully saturated rings. The molecule has 0 saturated heterocycles. The zero-order valence-electron chi connectivity index (χ0n) is 10.2. The van der Waals surface area contributed by atoms with E-state index in [-0.39, 0.29) is 6.10 Å². The quantitative estimate of drug-likeness (QED) is 0.648. The molecule has 1 unspecified atom stereocenters. The van der Waals surface area contributed by atoms with Crippen molar-refractivity contribution in [2.45, 2.75) is 20.0 Å². The van der Waals surface area contributed by atoms with Crippen molar-refractivity contribution in [2.75, 3.05) is 24.2 Å². The smallest absolute Gasteiger partial charge is 0.250 e. The van der Waals surface area contributed by atoms with Crippen LogP contribution in [0.4, 0.5) is 11.4 Å². The van der Waals surface area contributed by atoms with E-state index in [1.807, 2.05) is 13.8 Å². The van der Waals surface area contributed by atoms with E-state index in [2.05, 4.69) is 5.32 Å². The molecule has 17 heavy (non-hydrogen) atoms. The van der Waals surface area contributed by atoms with Gasteiger partial charge < -0.3 is 21.5 Å². The van der Waals surface area contributed by atoms with Crippen LogP contribution in [0, 0.1) is 0 Å². The Morgan fingerprint density at radius 3 is 2.82 bits per heavy atom. The second-order valence-electron chi connectivity index (χ2n) is 3.81. The second-order valence-corrected chi connectivity index (χ2v) is 3.81. The van der Waals surface area contributed by atoms with Gasteiger partial charge in [-0.1, -0.05) is 0 Å². The lowest BCUT2D eigenvalue weighted by molar-refractivity contribution is 0.0855. The Morgan fingerprint density at radius 2 is 2.24 bits per heavy atom. The number of primary amides is 1. The van der Waals surface area contributed by atoms with Crippen molar-refractivity contribution >= 4 is 17.3 Å². The van der Waals surface area contributed by atoms with Crippen LogP contribution in [0.2, 0.25) is 0 Å². The van der Waals surface area contributed by atoms with Gasteiger partial charge in [0.05, 0.1) is 11.7 Å². The minimum absolute atomic E-state index is 0.106. The highest BCUT2D eigenvalue weighted by Gasteiger charge is 2.07. The molecule has 0 aromatic heterocycles. The molecule has 0 aliphatic heterocycles. The number of anilines is 2. The Hall–Kier alpha value is -1.75. The normalized spacial score (nSPS) is 12.1. The van der Waals surface area contributed by atoms with E-state index in [0.717, 1.165) is 5.69 Å². The Balaban J connectivity index is 2.66. The van der Waals surface area contributed by atoms with E-state index >= 15 is 0 Å². The summed E-state index contributed by atoms with van der Waals surface area (Å²) in [6.45, 7) is 5.26. The number of nitrogens with one attached hydrogen (secondary N) is 1. The molecular weight excluding hydrogens is 218 g/mol. The van der Waals surface area contributed by atoms with Crippen molar-refractivity contribution in [1.29, 1.82) is 0 Å². The number of carbonyl (C=O) groups is 1. The zero-order valence-corrected chi connectivity index (χ0v) is 10.2. The van der Waals surface area contributed by atoms with Gasteiger partial charge in [0.15, 0.2) is 0 Å². The van der Waals surface area contributed by atoms with Gasteiger partial charge in [-0.2, -0.15) is 0 Å². The van der Waals surface area contributed by atoms with Crippen molar-refractivity contribution in [1.82, 2.24) is 0 Å². The summed E-state index contributed by atoms with van der Waals surface area (Å²) in [4.78, 5) is 11.1. The average Bonchev–Trinajstić information content (AvgIpc) is 2.28. The van der Waals surface area contributed by atoms with Gasteiger partial charge in [-0.3, -0.25) is 4.79 Å². The molecule has 0 aliphatic rings. The fraction of sp³-hybridized carbons (Fsp3) is 0.417. The summed E-state index contributed by atoms with van der Waals surface area (Å²) in [5, 5.41) is 3.16. The van der Waals surface area contributed by atoms with E-state index in [9.17, 15) is 4.79 Å². The molecule has 5 heteroatoms. The summed E-state index contributed by atoms with van der Waals surface area (Å²) < 4.78 is 5.39. The Morgan fingerprint density at radius 1 is 1.53 bits per heavy atom. The van der Waals surface area contributed by atoms with Crippen LogP contribution in [0.1, 0.15) is 24.2 Å². The minimum Gasteiger partial charge on any atom is -0.398 e. The van der Waals surface area contributed by atoms with Crippen molar-refractivity contribution in [3.05, 3.63) is 23.8 Å². The van der Waals surface area contributed by atoms with Crippen LogP contribution >= 0.6 is 0 Å². The average molecular weight is 237 g/mol. The van der Waals surface area contributed by atoms with E-state index in [0.29, 0.717) is 24.4 Å². The zero-order chi connectivity index (χ0) is 12.8. The molecule has 1 amide bonds. The monoisotopic (exact) mass is 237 g/mol. The summed E-state index contributed by atoms with van der Waals surface area (Å²) in [5.74, 6) is -0.524. The molecular formula is C12H19N3O2. The van der Waals surface area contributed by atoms with Crippen LogP contribution in [0.15, 0.2) is 18.2 Å². The molecule has 5 N–H and O–H groups in total. The standard InChI is InChI=1S/C12H19N3O2/c1-3-17-8(2)7-15-9-4-5-11(13)10(6-9)12(14)16/h4-6,8,15H,3,7,13H2,1-2H3,(H2,14,16). The van der Waals surface area contributed by atoms with Crippen LogP contribution in [-0.4, -0.2) is 25.2 Å². The van der Waals surface area contributed by atoms with Gasteiger partial charge >= 0.3 is 0 Å². The Labute approximate surface area is 101 Å². The number of carbonyl (C=O) groups excluding carboxylic acids is 1. The maximum atomic E-state index is 11.1. The minimum atomic E-state index is -0.524. The molecule has 0 saturated carbocycles. The van der Waals surface area contributed by atoms with Gasteiger partial charge in [0, 0.05) is 24.5 Å². The number of benzene rings is 1. The molecule has 0 bridgehead atoms. The van der Waals surface area contributed by atoms with Crippen LogP contribution in [0.5, 0.6) is 0 Å². The number of hydrogen-bond donors (Lipinski definition) is 3. The first-order valence-electron chi connectivity index (χ1n) is 5.59. The third-order valence-electron chi connectivity index (χ3n) is 2.36. The lowest BCUT2D eigenvalue weighted by atomic mass is 10.1. The molecule has 1 aromatic carbocycles. The third-order valence-corrected chi connectivity index (χ3v) is 2.36. The second kappa shape index (κ2) is 6.10. The van der Waals surface area contributed by atoms with Crippen molar-refractivity contribution in [3.63, 3.8) is 0 Å². The summed E-state index contributed by atoms with van der Waals surface area (Å²) in [6, 6.07) is 5.12. The van der Waals surface area contributed by atoms with Gasteiger partial charge in [-0.05, 0) is 32.0 Å². The molecule has 0 radical (unpaired) electrons. The number of nitrogens with two attached hydrogens (primary N) is 2. The van der Waals surface area contributed by atoms with Gasteiger partial charge in [0.1, 0.15) is 0 Å². The molecule has 0 aliphatic carbocycles. The van der Waals surface area contributed by atoms with Crippen molar-refractivity contribution in [3.8, 4) is 0 Å². The van der Waals surface area contributed by atoms with Gasteiger partial charge in [-0.15, -0.1) is 0 Å². The lowest BCUT2D eigenvalue weighted by Crippen LogP contribution is -2.20. The van der Waals surface area contributed by atoms with Gasteiger partial charge in [-0.25, -0.2) is 0 Å². The van der Waals surface area contributed by atoms with Crippen LogP contribution in [0.3, 0.4) is 0 Å². The highest BCUT2D eigenvalue weighted by molar-refractivity contribution is 5.98. The van der Waals surface area contributed by atoms with E-state index in [1.54, 1.807) is 18.2 Å². The number of amides is 1. The first-order valence-corrected chi connectivity index (χ1v) is 5.59. The van der Waals surface area contributed by atoms with Crippen molar-refractivity contribution < 1.29 is 9.53 Å². The fourth-order valence-corrected chi connectivity index (χ4v) is 1.48. The molecule has 94 valence electrons. The predicted octanol–water partition coefficient (Wildman–Crippen LogP) is 1.20. The first kappa shape index (κ1) is 13.3. The van der Waals surface area contributed by atoms with Gasteiger partial charge in [0.2, 0.25) is 0 Å². The SMILES string of the molecule is CCOC(C)CNc1ccc(N)c(C(N)=O)c1. The number of rotatable bonds is 6. The van der Waals surface area contributed by atoms with E-state index in [1.165, 1.54) is 0 Å². The summed E-state index contributed by atoms with van der Waals surface area (Å²) in [6.07, 6.45) is 0.106. The predicted molar refractivity (Wildman–Crippen MR) is 69.0 cm³/mol. The van der Waals surface area contributed by atoms with Crippen LogP contribution in [-0.2, 0) is 4.74 Å². The van der Waals surface area contributed by atoms with Crippen LogP contribution < -0.4 is 16.8 Å². The summed E-state index contributed by atoms with van der Waals surface area (Å²) in [7, 11) is 0. The molecule has 1 rings (SSSR count). The first-order chi connectivity index (χ1) is 8.04. The molecule has 1 aromatic rings. The highest BCUT2D eigenvalue weighted by atomic mass is 16.5. The Bertz CT molecular complexity index is 393. The molecule has 0 heterocycles. The molecule has 5 nitrogen and oxygen atoms in total. The topological polar surface area (TPSA) is 90.4 Å². The van der Waals surface area contributed by atoms with E-state index in [4.69, 9.17) is 16.2 Å². The summed E-state index contributed by atoms with van der Waals surface area (Å²) in [5.41, 5.74) is 12.4. The maximum Gasteiger partial charge on any atom is 0.250 e. The fourth-order valence-electron chi connectivity index (χ4n) is 1.48. The van der Waals surface area contributed by atoms with E-state index < -0.39 is 5.91 Å². The third kappa shape index (κ3) is 3.96. The lowest BCUT2D eigenvalue weighted by Gasteiger charge is -2.14. The molecule has 0 spiro atoms. The number of hydrogen-bond acceptors (Lipinski definition) is 4.